The normalized spacial score (nSPS) is 13.0. The summed E-state index contributed by atoms with van der Waals surface area (Å²) in [5.41, 5.74) is 2.40. The zero-order valence-corrected chi connectivity index (χ0v) is 17.6. The van der Waals surface area contributed by atoms with Crippen LogP contribution in [0.2, 0.25) is 0 Å². The lowest BCUT2D eigenvalue weighted by molar-refractivity contribution is 0.442. The number of nitrogens with zero attached hydrogens (tertiary/aromatic N) is 4. The molecule has 30 heavy (non-hydrogen) atoms. The van der Waals surface area contributed by atoms with Crippen LogP contribution in [0, 0.1) is 12.7 Å². The first-order chi connectivity index (χ1) is 14.3. The Morgan fingerprint density at radius 3 is 2.47 bits per heavy atom. The molecule has 0 saturated heterocycles. The van der Waals surface area contributed by atoms with Crippen molar-refractivity contribution >= 4 is 21.9 Å². The summed E-state index contributed by atoms with van der Waals surface area (Å²) in [7, 11) is -3.61. The highest BCUT2D eigenvalue weighted by molar-refractivity contribution is 7.89. The number of fused-ring (bicyclic) bond motifs is 2. The quantitative estimate of drug-likeness (QED) is 0.477. The standard InChI is InChI=1S/C21H21FN4O3S/c1-4-25(5-2)30(27,28)17-10-11-20-19(12-17)23-13-18-14(3)24-26(21(18)29-20)16-8-6-15(22)7-9-16/h6-13H,4-5H2,1-3H3. The molecule has 7 nitrogen and oxygen atoms in total. The predicted octanol–water partition coefficient (Wildman–Crippen LogP) is 4.21. The van der Waals surface area contributed by atoms with Crippen molar-refractivity contribution in [3.8, 4) is 17.3 Å². The molecule has 0 fully saturated rings. The predicted molar refractivity (Wildman–Crippen MR) is 112 cm³/mol. The van der Waals surface area contributed by atoms with Gasteiger partial charge < -0.3 is 4.74 Å². The van der Waals surface area contributed by atoms with Gasteiger partial charge in [0.2, 0.25) is 15.9 Å². The minimum atomic E-state index is -3.61. The van der Waals surface area contributed by atoms with Crippen LogP contribution in [0.3, 0.4) is 0 Å². The molecule has 1 aliphatic heterocycles. The first-order valence-corrected chi connectivity index (χ1v) is 11.0. The van der Waals surface area contributed by atoms with E-state index in [1.807, 2.05) is 6.92 Å². The van der Waals surface area contributed by atoms with Crippen molar-refractivity contribution in [3.05, 3.63) is 59.5 Å². The zero-order chi connectivity index (χ0) is 21.5. The molecule has 1 aromatic heterocycles. The highest BCUT2D eigenvalue weighted by Gasteiger charge is 2.25. The summed E-state index contributed by atoms with van der Waals surface area (Å²) in [5, 5.41) is 4.48. The third-order valence-electron chi connectivity index (χ3n) is 4.95. The fourth-order valence-electron chi connectivity index (χ4n) is 3.32. The number of aryl methyl sites for hydroxylation is 1. The SMILES string of the molecule is CCN(CC)S(=O)(=O)c1ccc2c(c1)N=Cc1c(C)nn(-c3ccc(F)cc3)c1O2. The van der Waals surface area contributed by atoms with Gasteiger partial charge in [0, 0.05) is 19.3 Å². The second kappa shape index (κ2) is 7.66. The number of aliphatic imine (C=N–C) groups is 1. The van der Waals surface area contributed by atoms with Crippen molar-refractivity contribution in [2.45, 2.75) is 25.7 Å². The molecule has 1 aliphatic rings. The molecule has 0 aliphatic carbocycles. The minimum Gasteiger partial charge on any atom is -0.436 e. The van der Waals surface area contributed by atoms with E-state index in [0.717, 1.165) is 0 Å². The van der Waals surface area contributed by atoms with Crippen molar-refractivity contribution in [1.29, 1.82) is 0 Å². The Bertz CT molecular complexity index is 1230. The summed E-state index contributed by atoms with van der Waals surface area (Å²) in [6.07, 6.45) is 1.61. The summed E-state index contributed by atoms with van der Waals surface area (Å²) in [4.78, 5) is 4.61. The molecule has 2 aromatic carbocycles. The summed E-state index contributed by atoms with van der Waals surface area (Å²) >= 11 is 0. The second-order valence-electron chi connectivity index (χ2n) is 6.77. The van der Waals surface area contributed by atoms with E-state index in [9.17, 15) is 12.8 Å². The maximum atomic E-state index is 13.3. The molecular formula is C21H21FN4O3S. The second-order valence-corrected chi connectivity index (χ2v) is 8.71. The average Bonchev–Trinajstić information content (AvgIpc) is 2.91. The number of ether oxygens (including phenoxy) is 1. The van der Waals surface area contributed by atoms with Crippen LogP contribution < -0.4 is 4.74 Å². The average molecular weight is 428 g/mol. The van der Waals surface area contributed by atoms with Gasteiger partial charge >= 0.3 is 0 Å². The Hall–Kier alpha value is -3.04. The van der Waals surface area contributed by atoms with Crippen molar-refractivity contribution in [1.82, 2.24) is 14.1 Å². The van der Waals surface area contributed by atoms with Gasteiger partial charge in [0.1, 0.15) is 11.5 Å². The van der Waals surface area contributed by atoms with Crippen molar-refractivity contribution in [2.75, 3.05) is 13.1 Å². The molecule has 0 atom stereocenters. The van der Waals surface area contributed by atoms with Crippen LogP contribution in [0.1, 0.15) is 25.1 Å². The first-order valence-electron chi connectivity index (χ1n) is 9.56. The Balaban J connectivity index is 1.78. The third-order valence-corrected chi connectivity index (χ3v) is 6.99. The van der Waals surface area contributed by atoms with Crippen molar-refractivity contribution in [3.63, 3.8) is 0 Å². The van der Waals surface area contributed by atoms with Gasteiger partial charge in [-0.3, -0.25) is 4.99 Å². The monoisotopic (exact) mass is 428 g/mol. The van der Waals surface area contributed by atoms with E-state index in [1.165, 1.54) is 28.6 Å². The number of benzene rings is 2. The largest absolute Gasteiger partial charge is 0.436 e. The maximum absolute atomic E-state index is 13.3. The molecule has 0 saturated carbocycles. The highest BCUT2D eigenvalue weighted by Crippen LogP contribution is 2.39. The maximum Gasteiger partial charge on any atom is 0.243 e. The summed E-state index contributed by atoms with van der Waals surface area (Å²) < 4.78 is 48.1. The van der Waals surface area contributed by atoms with Gasteiger partial charge in [-0.15, -0.1) is 0 Å². The fraction of sp³-hybridized carbons (Fsp3) is 0.238. The fourth-order valence-corrected chi connectivity index (χ4v) is 4.80. The number of hydrogen-bond donors (Lipinski definition) is 0. The Morgan fingerprint density at radius 1 is 1.10 bits per heavy atom. The third kappa shape index (κ3) is 3.40. The Kier molecular flexibility index (Phi) is 5.17. The molecule has 0 radical (unpaired) electrons. The first kappa shape index (κ1) is 20.2. The minimum absolute atomic E-state index is 0.161. The molecule has 0 bridgehead atoms. The van der Waals surface area contributed by atoms with E-state index in [4.69, 9.17) is 4.74 Å². The van der Waals surface area contributed by atoms with Crippen LogP contribution >= 0.6 is 0 Å². The van der Waals surface area contributed by atoms with Gasteiger partial charge in [-0.1, -0.05) is 13.8 Å². The van der Waals surface area contributed by atoms with Gasteiger partial charge in [0.05, 0.1) is 21.8 Å². The van der Waals surface area contributed by atoms with Gasteiger partial charge in [-0.2, -0.15) is 14.1 Å². The molecule has 4 rings (SSSR count). The van der Waals surface area contributed by atoms with E-state index in [1.54, 1.807) is 42.9 Å². The molecule has 3 aromatic rings. The summed E-state index contributed by atoms with van der Waals surface area (Å²) in [5.74, 6) is 0.496. The molecular weight excluding hydrogens is 407 g/mol. The van der Waals surface area contributed by atoms with Crippen LogP contribution in [0.4, 0.5) is 10.1 Å². The topological polar surface area (TPSA) is 76.8 Å². The molecule has 9 heteroatoms. The van der Waals surface area contributed by atoms with Crippen LogP contribution in [0.25, 0.3) is 5.69 Å². The molecule has 0 N–H and O–H groups in total. The number of sulfonamides is 1. The van der Waals surface area contributed by atoms with E-state index >= 15 is 0 Å². The lowest BCUT2D eigenvalue weighted by Crippen LogP contribution is -2.30. The number of halogens is 1. The van der Waals surface area contributed by atoms with Crippen molar-refractivity contribution < 1.29 is 17.5 Å². The van der Waals surface area contributed by atoms with E-state index in [0.29, 0.717) is 47.4 Å². The number of rotatable bonds is 5. The van der Waals surface area contributed by atoms with Gasteiger partial charge in [0.15, 0.2) is 5.75 Å². The summed E-state index contributed by atoms with van der Waals surface area (Å²) in [6.45, 7) is 6.18. The van der Waals surface area contributed by atoms with Crippen LogP contribution in [-0.4, -0.2) is 41.8 Å². The van der Waals surface area contributed by atoms with Crippen molar-refractivity contribution in [2.24, 2.45) is 4.99 Å². The molecule has 0 unspecified atom stereocenters. The van der Waals surface area contributed by atoms with Gasteiger partial charge in [0.25, 0.3) is 0 Å². The van der Waals surface area contributed by atoms with Crippen LogP contribution in [0.15, 0.2) is 52.4 Å². The Labute approximate surface area is 174 Å². The Morgan fingerprint density at radius 2 is 1.80 bits per heavy atom. The van der Waals surface area contributed by atoms with E-state index in [-0.39, 0.29) is 10.7 Å². The van der Waals surface area contributed by atoms with Gasteiger partial charge in [-0.05, 0) is 49.4 Å². The number of aromatic nitrogens is 2. The van der Waals surface area contributed by atoms with E-state index in [2.05, 4.69) is 10.1 Å². The van der Waals surface area contributed by atoms with Crippen LogP contribution in [0.5, 0.6) is 11.6 Å². The molecule has 156 valence electrons. The smallest absolute Gasteiger partial charge is 0.243 e. The zero-order valence-electron chi connectivity index (χ0n) is 16.8. The molecule has 0 amide bonds. The molecule has 0 spiro atoms. The van der Waals surface area contributed by atoms with Gasteiger partial charge in [-0.25, -0.2) is 12.8 Å². The van der Waals surface area contributed by atoms with Crippen LogP contribution in [-0.2, 0) is 10.0 Å². The summed E-state index contributed by atoms with van der Waals surface area (Å²) in [6, 6.07) is 10.5. The lowest BCUT2D eigenvalue weighted by Gasteiger charge is -2.19. The number of hydrogen-bond acceptors (Lipinski definition) is 5. The van der Waals surface area contributed by atoms with E-state index < -0.39 is 10.0 Å². The molecule has 2 heterocycles. The lowest BCUT2D eigenvalue weighted by atomic mass is 10.2. The highest BCUT2D eigenvalue weighted by atomic mass is 32.2.